The molecule has 0 amide bonds. The molecule has 7 heteroatoms. The third kappa shape index (κ3) is 4.55. The first kappa shape index (κ1) is 19.1. The molecule has 2 aromatic carbocycles. The predicted molar refractivity (Wildman–Crippen MR) is 117 cm³/mol. The Morgan fingerprint density at radius 3 is 2.39 bits per heavy atom. The number of rotatable bonds is 3. The molecule has 0 aliphatic heterocycles. The quantitative estimate of drug-likeness (QED) is 0.210. The molecule has 0 aliphatic rings. The lowest BCUT2D eigenvalue weighted by Gasteiger charge is -1.97. The van der Waals surface area contributed by atoms with Gasteiger partial charge >= 0.3 is 0 Å². The van der Waals surface area contributed by atoms with Gasteiger partial charge in [0.2, 0.25) is 5.96 Å². The number of nitrogen functional groups attached to an aromatic ring is 1. The summed E-state index contributed by atoms with van der Waals surface area (Å²) in [4.78, 5) is 5.59. The zero-order valence-corrected chi connectivity index (χ0v) is 16.4. The van der Waals surface area contributed by atoms with Crippen molar-refractivity contribution in [3.63, 3.8) is 0 Å². The number of thiazole rings is 1. The Labute approximate surface area is 167 Å². The minimum Gasteiger partial charge on any atom is -0.398 e. The molecule has 0 radical (unpaired) electrons. The van der Waals surface area contributed by atoms with E-state index in [9.17, 15) is 0 Å². The maximum absolute atomic E-state index is 5.92. The molecule has 28 heavy (non-hydrogen) atoms. The number of guanidine groups is 1. The molecule has 3 aromatic rings. The summed E-state index contributed by atoms with van der Waals surface area (Å²) in [5.41, 5.74) is 21.6. The molecule has 0 unspecified atom stereocenters. The van der Waals surface area contributed by atoms with Gasteiger partial charge in [-0.2, -0.15) is 5.10 Å². The van der Waals surface area contributed by atoms with E-state index >= 15 is 0 Å². The van der Waals surface area contributed by atoms with Crippen LogP contribution in [0, 0.1) is 18.8 Å². The standard InChI is InChI=1S/C21H20N6S/c1-13-19(14(2)26-27-21(23)24)28-20(25-13)17-11-8-15(9-12-17)7-10-16-5-3-4-6-18(16)22/h3-6,8-9,11-12H,22H2,1-2H3,(H4,23,24,27)/b26-14+. The highest BCUT2D eigenvalue weighted by Crippen LogP contribution is 2.28. The fourth-order valence-corrected chi connectivity index (χ4v) is 3.49. The maximum atomic E-state index is 5.92. The third-order valence-electron chi connectivity index (χ3n) is 3.87. The highest BCUT2D eigenvalue weighted by Gasteiger charge is 2.12. The van der Waals surface area contributed by atoms with E-state index < -0.39 is 0 Å². The number of hydrogen-bond donors (Lipinski definition) is 3. The van der Waals surface area contributed by atoms with Crippen LogP contribution in [0.4, 0.5) is 5.69 Å². The van der Waals surface area contributed by atoms with Gasteiger partial charge in [0.1, 0.15) is 5.01 Å². The molecule has 0 bridgehead atoms. The zero-order chi connectivity index (χ0) is 20.1. The molecule has 0 aliphatic carbocycles. The van der Waals surface area contributed by atoms with Gasteiger partial charge in [-0.05, 0) is 38.1 Å². The number of aromatic nitrogens is 1. The number of nitrogens with two attached hydrogens (primary N) is 3. The van der Waals surface area contributed by atoms with Crippen LogP contribution in [-0.4, -0.2) is 16.7 Å². The van der Waals surface area contributed by atoms with Crippen LogP contribution in [0.3, 0.4) is 0 Å². The average Bonchev–Trinajstić information content (AvgIpc) is 3.07. The second kappa shape index (κ2) is 8.37. The molecule has 0 saturated carbocycles. The van der Waals surface area contributed by atoms with Crippen molar-refractivity contribution in [3.05, 3.63) is 70.2 Å². The summed E-state index contributed by atoms with van der Waals surface area (Å²) in [7, 11) is 0. The van der Waals surface area contributed by atoms with Gasteiger partial charge in [0.25, 0.3) is 0 Å². The number of anilines is 1. The third-order valence-corrected chi connectivity index (χ3v) is 5.19. The number of aryl methyl sites for hydroxylation is 1. The molecule has 1 heterocycles. The molecule has 0 spiro atoms. The van der Waals surface area contributed by atoms with Crippen molar-refractivity contribution in [1.82, 2.24) is 4.98 Å². The van der Waals surface area contributed by atoms with E-state index in [4.69, 9.17) is 17.2 Å². The van der Waals surface area contributed by atoms with Crippen molar-refractivity contribution in [1.29, 1.82) is 0 Å². The van der Waals surface area contributed by atoms with Crippen molar-refractivity contribution in [2.75, 3.05) is 5.73 Å². The lowest BCUT2D eigenvalue weighted by atomic mass is 10.1. The van der Waals surface area contributed by atoms with Crippen molar-refractivity contribution in [2.24, 2.45) is 21.7 Å². The van der Waals surface area contributed by atoms with Crippen LogP contribution < -0.4 is 17.2 Å². The Morgan fingerprint density at radius 2 is 1.71 bits per heavy atom. The molecular formula is C21H20N6S. The summed E-state index contributed by atoms with van der Waals surface area (Å²) < 4.78 is 0. The maximum Gasteiger partial charge on any atom is 0.211 e. The highest BCUT2D eigenvalue weighted by atomic mass is 32.1. The fraction of sp³-hybridized carbons (Fsp3) is 0.0952. The first-order valence-corrected chi connectivity index (χ1v) is 9.33. The number of hydrogen-bond acceptors (Lipinski definition) is 5. The molecule has 6 N–H and O–H groups in total. The zero-order valence-electron chi connectivity index (χ0n) is 15.6. The van der Waals surface area contributed by atoms with Crippen molar-refractivity contribution in [3.8, 4) is 22.4 Å². The van der Waals surface area contributed by atoms with E-state index in [1.807, 2.05) is 62.4 Å². The molecule has 0 fully saturated rings. The van der Waals surface area contributed by atoms with Crippen molar-refractivity contribution < 1.29 is 0 Å². The second-order valence-corrected chi connectivity index (χ2v) is 7.06. The van der Waals surface area contributed by atoms with Crippen LogP contribution in [0.2, 0.25) is 0 Å². The van der Waals surface area contributed by atoms with E-state index in [1.54, 1.807) is 11.3 Å². The largest absolute Gasteiger partial charge is 0.398 e. The topological polar surface area (TPSA) is 116 Å². The minimum absolute atomic E-state index is 0.0734. The first-order valence-electron chi connectivity index (χ1n) is 8.52. The lowest BCUT2D eigenvalue weighted by molar-refractivity contribution is 1.19. The van der Waals surface area contributed by atoms with Crippen LogP contribution >= 0.6 is 11.3 Å². The first-order chi connectivity index (χ1) is 13.4. The van der Waals surface area contributed by atoms with Gasteiger partial charge in [0.15, 0.2) is 0 Å². The van der Waals surface area contributed by atoms with Gasteiger partial charge in [-0.1, -0.05) is 36.1 Å². The number of para-hydroxylation sites is 1. The van der Waals surface area contributed by atoms with Crippen molar-refractivity contribution >= 4 is 28.7 Å². The van der Waals surface area contributed by atoms with Gasteiger partial charge < -0.3 is 17.2 Å². The van der Waals surface area contributed by atoms with Gasteiger partial charge in [0.05, 0.1) is 16.3 Å². The summed E-state index contributed by atoms with van der Waals surface area (Å²) in [5.74, 6) is 6.17. The molecule has 6 nitrogen and oxygen atoms in total. The van der Waals surface area contributed by atoms with Crippen molar-refractivity contribution in [2.45, 2.75) is 13.8 Å². The van der Waals surface area contributed by atoms with E-state index in [1.165, 1.54) is 0 Å². The monoisotopic (exact) mass is 388 g/mol. The summed E-state index contributed by atoms with van der Waals surface area (Å²) in [6.07, 6.45) is 0. The van der Waals surface area contributed by atoms with Gasteiger partial charge in [-0.15, -0.1) is 16.4 Å². The Morgan fingerprint density at radius 1 is 1.00 bits per heavy atom. The normalized spacial score (nSPS) is 10.9. The Balaban J connectivity index is 1.83. The lowest BCUT2D eigenvalue weighted by Crippen LogP contribution is -2.22. The van der Waals surface area contributed by atoms with Crippen LogP contribution in [0.25, 0.3) is 10.6 Å². The van der Waals surface area contributed by atoms with Crippen LogP contribution in [0.1, 0.15) is 28.6 Å². The summed E-state index contributed by atoms with van der Waals surface area (Å²) in [5, 5.41) is 8.64. The molecule has 3 rings (SSSR count). The SMILES string of the molecule is C/C(=N\N=C(N)N)c1sc(-c2ccc(C#Cc3ccccc3N)cc2)nc1C. The second-order valence-electron chi connectivity index (χ2n) is 6.06. The molecule has 1 aromatic heterocycles. The molecular weight excluding hydrogens is 368 g/mol. The summed E-state index contributed by atoms with van der Waals surface area (Å²) >= 11 is 1.55. The van der Waals surface area contributed by atoms with E-state index in [2.05, 4.69) is 27.0 Å². The fourth-order valence-electron chi connectivity index (χ4n) is 2.48. The Bertz CT molecular complexity index is 1110. The van der Waals surface area contributed by atoms with Gasteiger partial charge in [0, 0.05) is 22.4 Å². The minimum atomic E-state index is -0.0734. The van der Waals surface area contributed by atoms with Crippen LogP contribution in [0.15, 0.2) is 58.7 Å². The molecule has 140 valence electrons. The van der Waals surface area contributed by atoms with E-state index in [0.717, 1.165) is 38.0 Å². The smallest absolute Gasteiger partial charge is 0.211 e. The summed E-state index contributed by atoms with van der Waals surface area (Å²) in [6.45, 7) is 3.79. The Hall–Kier alpha value is -3.63. The van der Waals surface area contributed by atoms with Crippen LogP contribution in [-0.2, 0) is 0 Å². The average molecular weight is 389 g/mol. The number of benzene rings is 2. The number of nitrogens with zero attached hydrogens (tertiary/aromatic N) is 3. The van der Waals surface area contributed by atoms with Crippen LogP contribution in [0.5, 0.6) is 0 Å². The molecule has 0 atom stereocenters. The predicted octanol–water partition coefficient (Wildman–Crippen LogP) is 3.10. The van der Waals surface area contributed by atoms with Gasteiger partial charge in [-0.25, -0.2) is 4.98 Å². The van der Waals surface area contributed by atoms with E-state index in [-0.39, 0.29) is 5.96 Å². The Kier molecular flexibility index (Phi) is 5.72. The van der Waals surface area contributed by atoms with Gasteiger partial charge in [-0.3, -0.25) is 0 Å². The van der Waals surface area contributed by atoms with E-state index in [0.29, 0.717) is 5.69 Å². The highest BCUT2D eigenvalue weighted by molar-refractivity contribution is 7.17. The molecule has 0 saturated heterocycles. The summed E-state index contributed by atoms with van der Waals surface area (Å²) in [6, 6.07) is 15.5.